The van der Waals surface area contributed by atoms with Crippen LogP contribution in [0.15, 0.2) is 83.3 Å². The average molecular weight is 368 g/mol. The van der Waals surface area contributed by atoms with Gasteiger partial charge < -0.3 is 9.73 Å². The van der Waals surface area contributed by atoms with Crippen LogP contribution in [-0.2, 0) is 5.66 Å². The number of nitrogens with one attached hydrogen (secondary N) is 1. The van der Waals surface area contributed by atoms with Crippen molar-refractivity contribution in [1.29, 1.82) is 0 Å². The van der Waals surface area contributed by atoms with E-state index in [1.165, 1.54) is 0 Å². The number of amides is 1. The van der Waals surface area contributed by atoms with Gasteiger partial charge in [0, 0.05) is 16.8 Å². The number of fused-ring (bicyclic) bond motifs is 2. The van der Waals surface area contributed by atoms with Crippen LogP contribution in [0.2, 0.25) is 0 Å². The number of rotatable bonds is 2. The first kappa shape index (κ1) is 16.6. The minimum Gasteiger partial charge on any atom is -0.457 e. The second-order valence-electron chi connectivity index (χ2n) is 7.37. The molecule has 1 aromatic heterocycles. The zero-order chi connectivity index (χ0) is 19.3. The van der Waals surface area contributed by atoms with Gasteiger partial charge in [-0.2, -0.15) is 0 Å². The number of benzene rings is 3. The van der Waals surface area contributed by atoms with E-state index in [0.29, 0.717) is 11.3 Å². The lowest BCUT2D eigenvalue weighted by atomic mass is 9.97. The largest absolute Gasteiger partial charge is 0.457 e. The summed E-state index contributed by atoms with van der Waals surface area (Å²) in [7, 11) is 0. The molecule has 0 fully saturated rings. The standard InChI is InChI=1S/C24H20N2O2/c1-16-11-13-18(14-12-16)26-23(27)19-8-4-5-9-20(19)25-24(26,2)22-15-17-7-3-6-10-21(17)28-22/h3-15,25H,1-2H3. The van der Waals surface area contributed by atoms with Crippen molar-refractivity contribution in [2.24, 2.45) is 0 Å². The first-order valence-corrected chi connectivity index (χ1v) is 9.34. The third-order valence-corrected chi connectivity index (χ3v) is 5.38. The van der Waals surface area contributed by atoms with Crippen LogP contribution >= 0.6 is 0 Å². The second kappa shape index (κ2) is 5.99. The Bertz CT molecular complexity index is 1160. The van der Waals surface area contributed by atoms with E-state index in [9.17, 15) is 4.79 Å². The van der Waals surface area contributed by atoms with E-state index in [2.05, 4.69) is 5.32 Å². The molecule has 5 rings (SSSR count). The summed E-state index contributed by atoms with van der Waals surface area (Å²) in [4.78, 5) is 15.3. The van der Waals surface area contributed by atoms with Crippen LogP contribution in [0, 0.1) is 6.92 Å². The summed E-state index contributed by atoms with van der Waals surface area (Å²) in [5, 5.41) is 4.57. The molecule has 0 aliphatic carbocycles. The van der Waals surface area contributed by atoms with E-state index in [-0.39, 0.29) is 5.91 Å². The van der Waals surface area contributed by atoms with Gasteiger partial charge >= 0.3 is 0 Å². The van der Waals surface area contributed by atoms with Crippen molar-refractivity contribution in [2.45, 2.75) is 19.5 Å². The molecule has 1 N–H and O–H groups in total. The van der Waals surface area contributed by atoms with Crippen LogP contribution in [-0.4, -0.2) is 5.91 Å². The van der Waals surface area contributed by atoms with E-state index in [1.807, 2.05) is 92.7 Å². The smallest absolute Gasteiger partial charge is 0.262 e. The fourth-order valence-corrected chi connectivity index (χ4v) is 3.88. The molecule has 1 aliphatic rings. The molecule has 4 aromatic rings. The summed E-state index contributed by atoms with van der Waals surface area (Å²) < 4.78 is 6.19. The van der Waals surface area contributed by atoms with Gasteiger partial charge in [0.25, 0.3) is 5.91 Å². The highest BCUT2D eigenvalue weighted by Gasteiger charge is 2.45. The molecular weight excluding hydrogens is 348 g/mol. The summed E-state index contributed by atoms with van der Waals surface area (Å²) in [6.45, 7) is 4.02. The number of carbonyl (C=O) groups excluding carboxylic acids is 1. The molecule has 1 amide bonds. The molecule has 4 nitrogen and oxygen atoms in total. The molecule has 0 radical (unpaired) electrons. The number of aryl methyl sites for hydroxylation is 1. The van der Waals surface area contributed by atoms with Crippen molar-refractivity contribution >= 4 is 28.3 Å². The maximum absolute atomic E-state index is 13.6. The molecule has 138 valence electrons. The highest BCUT2D eigenvalue weighted by molar-refractivity contribution is 6.12. The normalized spacial score (nSPS) is 18.8. The van der Waals surface area contributed by atoms with E-state index in [0.717, 1.165) is 27.9 Å². The Kier molecular flexibility index (Phi) is 3.56. The van der Waals surface area contributed by atoms with Crippen LogP contribution in [0.4, 0.5) is 11.4 Å². The van der Waals surface area contributed by atoms with Gasteiger partial charge in [0.1, 0.15) is 5.58 Å². The number of carbonyl (C=O) groups is 1. The fourth-order valence-electron chi connectivity index (χ4n) is 3.88. The van der Waals surface area contributed by atoms with E-state index in [4.69, 9.17) is 4.42 Å². The number of hydrogen-bond acceptors (Lipinski definition) is 3. The number of hydrogen-bond donors (Lipinski definition) is 1. The van der Waals surface area contributed by atoms with Crippen molar-refractivity contribution in [3.8, 4) is 0 Å². The summed E-state index contributed by atoms with van der Waals surface area (Å²) in [5.74, 6) is 0.637. The van der Waals surface area contributed by atoms with Gasteiger partial charge in [-0.15, -0.1) is 0 Å². The summed E-state index contributed by atoms with van der Waals surface area (Å²) >= 11 is 0. The van der Waals surface area contributed by atoms with Gasteiger partial charge in [-0.05, 0) is 50.2 Å². The SMILES string of the molecule is Cc1ccc(N2C(=O)c3ccccc3NC2(C)c2cc3ccccc3o2)cc1. The summed E-state index contributed by atoms with van der Waals surface area (Å²) in [6, 6.07) is 25.5. The molecule has 0 bridgehead atoms. The highest BCUT2D eigenvalue weighted by Crippen LogP contribution is 2.42. The predicted octanol–water partition coefficient (Wildman–Crippen LogP) is 5.69. The quantitative estimate of drug-likeness (QED) is 0.495. The molecule has 0 saturated heterocycles. The topological polar surface area (TPSA) is 45.5 Å². The molecule has 2 heterocycles. The van der Waals surface area contributed by atoms with Gasteiger partial charge in [0.05, 0.1) is 5.56 Å². The molecule has 1 aliphatic heterocycles. The summed E-state index contributed by atoms with van der Waals surface area (Å²) in [5.41, 5.74) is 3.36. The lowest BCUT2D eigenvalue weighted by Gasteiger charge is -2.45. The lowest BCUT2D eigenvalue weighted by Crippen LogP contribution is -2.56. The minimum absolute atomic E-state index is 0.0545. The molecule has 28 heavy (non-hydrogen) atoms. The van der Waals surface area contributed by atoms with E-state index in [1.54, 1.807) is 4.90 Å². The van der Waals surface area contributed by atoms with Crippen molar-refractivity contribution in [3.63, 3.8) is 0 Å². The van der Waals surface area contributed by atoms with Gasteiger partial charge in [0.15, 0.2) is 11.4 Å². The first-order chi connectivity index (χ1) is 13.6. The highest BCUT2D eigenvalue weighted by atomic mass is 16.3. The monoisotopic (exact) mass is 368 g/mol. The van der Waals surface area contributed by atoms with Crippen molar-refractivity contribution in [1.82, 2.24) is 0 Å². The van der Waals surface area contributed by atoms with Crippen molar-refractivity contribution in [2.75, 3.05) is 10.2 Å². The number of nitrogens with zero attached hydrogens (tertiary/aromatic N) is 1. The molecular formula is C24H20N2O2. The van der Waals surface area contributed by atoms with Crippen molar-refractivity contribution < 1.29 is 9.21 Å². The molecule has 1 unspecified atom stereocenters. The van der Waals surface area contributed by atoms with Crippen LogP contribution in [0.3, 0.4) is 0 Å². The third kappa shape index (κ3) is 2.42. The number of para-hydroxylation sites is 2. The number of furan rings is 1. The Morgan fingerprint density at radius 3 is 2.43 bits per heavy atom. The Morgan fingerprint density at radius 1 is 0.929 bits per heavy atom. The average Bonchev–Trinajstić information content (AvgIpc) is 3.15. The van der Waals surface area contributed by atoms with E-state index < -0.39 is 5.66 Å². The van der Waals surface area contributed by atoms with Gasteiger partial charge in [-0.25, -0.2) is 0 Å². The first-order valence-electron chi connectivity index (χ1n) is 9.34. The van der Waals surface area contributed by atoms with Crippen molar-refractivity contribution in [3.05, 3.63) is 95.7 Å². The third-order valence-electron chi connectivity index (χ3n) is 5.38. The number of anilines is 2. The molecule has 4 heteroatoms. The van der Waals surface area contributed by atoms with Crippen LogP contribution in [0.5, 0.6) is 0 Å². The fraction of sp³-hybridized carbons (Fsp3) is 0.125. The maximum Gasteiger partial charge on any atom is 0.262 e. The Morgan fingerprint density at radius 2 is 1.64 bits per heavy atom. The Balaban J connectivity index is 1.74. The van der Waals surface area contributed by atoms with Gasteiger partial charge in [-0.1, -0.05) is 48.0 Å². The van der Waals surface area contributed by atoms with Gasteiger partial charge in [-0.3, -0.25) is 9.69 Å². The predicted molar refractivity (Wildman–Crippen MR) is 112 cm³/mol. The zero-order valence-electron chi connectivity index (χ0n) is 15.8. The molecule has 1 atom stereocenters. The van der Waals surface area contributed by atoms with Crippen LogP contribution < -0.4 is 10.2 Å². The lowest BCUT2D eigenvalue weighted by molar-refractivity contribution is 0.0950. The Hall–Kier alpha value is -3.53. The maximum atomic E-state index is 13.6. The van der Waals surface area contributed by atoms with Crippen LogP contribution in [0.1, 0.15) is 28.6 Å². The van der Waals surface area contributed by atoms with E-state index >= 15 is 0 Å². The zero-order valence-corrected chi connectivity index (χ0v) is 15.8. The summed E-state index contributed by atoms with van der Waals surface area (Å²) in [6.07, 6.45) is 0. The Labute approximate surface area is 163 Å². The molecule has 0 saturated carbocycles. The molecule has 3 aromatic carbocycles. The van der Waals surface area contributed by atoms with Crippen LogP contribution in [0.25, 0.3) is 11.0 Å². The second-order valence-corrected chi connectivity index (χ2v) is 7.37. The van der Waals surface area contributed by atoms with Gasteiger partial charge in [0.2, 0.25) is 0 Å². The molecule has 0 spiro atoms. The minimum atomic E-state index is -0.861.